The van der Waals surface area contributed by atoms with E-state index in [1.807, 2.05) is 0 Å². The van der Waals surface area contributed by atoms with E-state index in [1.165, 1.54) is 24.3 Å². The largest absolute Gasteiger partial charge is 0.493 e. The van der Waals surface area contributed by atoms with Crippen molar-refractivity contribution in [3.63, 3.8) is 0 Å². The van der Waals surface area contributed by atoms with E-state index < -0.39 is 25.4 Å². The molecule has 0 saturated heterocycles. The Bertz CT molecular complexity index is 686. The molecule has 1 aromatic rings. The van der Waals surface area contributed by atoms with Gasteiger partial charge in [-0.05, 0) is 45.0 Å². The molecule has 8 heteroatoms. The zero-order valence-electron chi connectivity index (χ0n) is 13.3. The lowest BCUT2D eigenvalue weighted by atomic mass is 10.1. The molecule has 1 N–H and O–H groups in total. The maximum Gasteiger partial charge on any atom is 0.241 e. The molecule has 0 amide bonds. The summed E-state index contributed by atoms with van der Waals surface area (Å²) in [6.07, 6.45) is 0. The van der Waals surface area contributed by atoms with Gasteiger partial charge in [0.15, 0.2) is 9.84 Å². The number of sulfone groups is 1. The summed E-state index contributed by atoms with van der Waals surface area (Å²) in [5, 5.41) is 0. The minimum atomic E-state index is -3.58. The summed E-state index contributed by atoms with van der Waals surface area (Å²) >= 11 is 0. The predicted octanol–water partition coefficient (Wildman–Crippen LogP) is 1.58. The number of ether oxygens (including phenoxy) is 1. The first-order valence-electron chi connectivity index (χ1n) is 6.92. The molecule has 0 heterocycles. The summed E-state index contributed by atoms with van der Waals surface area (Å²) in [5.74, 6) is 0.447. The normalized spacial score (nSPS) is 13.1. The Labute approximate surface area is 132 Å². The lowest BCUT2D eigenvalue weighted by molar-refractivity contribution is 0.340. The first-order valence-corrected chi connectivity index (χ1v) is 10.2. The molecule has 0 saturated carbocycles. The van der Waals surface area contributed by atoms with Gasteiger partial charge in [-0.3, -0.25) is 0 Å². The van der Waals surface area contributed by atoms with E-state index in [9.17, 15) is 16.8 Å². The fourth-order valence-electron chi connectivity index (χ4n) is 1.61. The SMILES string of the molecule is CCS(=O)(=O)CCOc1ccc(S(=O)(=O)NC(C)(C)C)cc1. The molecule has 0 spiro atoms. The topological polar surface area (TPSA) is 89.5 Å². The molecule has 0 atom stereocenters. The summed E-state index contributed by atoms with van der Waals surface area (Å²) in [6, 6.07) is 5.88. The number of hydrogen-bond donors (Lipinski definition) is 1. The van der Waals surface area contributed by atoms with Gasteiger partial charge >= 0.3 is 0 Å². The molecule has 0 unspecified atom stereocenters. The third-order valence-electron chi connectivity index (χ3n) is 2.68. The van der Waals surface area contributed by atoms with Crippen molar-refractivity contribution < 1.29 is 21.6 Å². The third kappa shape index (κ3) is 6.33. The fraction of sp³-hybridized carbons (Fsp3) is 0.571. The first-order chi connectivity index (χ1) is 9.95. The van der Waals surface area contributed by atoms with Gasteiger partial charge in [0.05, 0.1) is 10.6 Å². The molecule has 1 rings (SSSR count). The molecule has 22 heavy (non-hydrogen) atoms. The van der Waals surface area contributed by atoms with Crippen LogP contribution in [0, 0.1) is 0 Å². The van der Waals surface area contributed by atoms with Gasteiger partial charge in [-0.1, -0.05) is 6.92 Å². The molecule has 0 bridgehead atoms. The van der Waals surface area contributed by atoms with Crippen molar-refractivity contribution >= 4 is 19.9 Å². The lowest BCUT2D eigenvalue weighted by Gasteiger charge is -2.20. The quantitative estimate of drug-likeness (QED) is 0.807. The highest BCUT2D eigenvalue weighted by Gasteiger charge is 2.21. The van der Waals surface area contributed by atoms with E-state index in [2.05, 4.69) is 4.72 Å². The fourth-order valence-corrected chi connectivity index (χ4v) is 3.65. The molecule has 0 aliphatic heterocycles. The molecule has 0 fully saturated rings. The number of rotatable bonds is 7. The van der Waals surface area contributed by atoms with Crippen LogP contribution in [0.25, 0.3) is 0 Å². The summed E-state index contributed by atoms with van der Waals surface area (Å²) in [7, 11) is -6.66. The number of hydrogen-bond acceptors (Lipinski definition) is 5. The molecule has 0 aromatic heterocycles. The van der Waals surface area contributed by atoms with Crippen LogP contribution >= 0.6 is 0 Å². The van der Waals surface area contributed by atoms with Crippen molar-refractivity contribution in [1.82, 2.24) is 4.72 Å². The Kier molecular flexibility index (Phi) is 6.00. The van der Waals surface area contributed by atoms with Gasteiger partial charge in [0.1, 0.15) is 12.4 Å². The molecule has 6 nitrogen and oxygen atoms in total. The van der Waals surface area contributed by atoms with E-state index >= 15 is 0 Å². The van der Waals surface area contributed by atoms with Gasteiger partial charge in [-0.25, -0.2) is 21.6 Å². The molecule has 0 radical (unpaired) electrons. The van der Waals surface area contributed by atoms with Gasteiger partial charge < -0.3 is 4.74 Å². The van der Waals surface area contributed by atoms with Crippen LogP contribution in [0.4, 0.5) is 0 Å². The van der Waals surface area contributed by atoms with E-state index in [1.54, 1.807) is 27.7 Å². The Morgan fingerprint density at radius 2 is 1.59 bits per heavy atom. The number of benzene rings is 1. The van der Waals surface area contributed by atoms with Gasteiger partial charge in [-0.2, -0.15) is 0 Å². The van der Waals surface area contributed by atoms with Crippen LogP contribution in [0.15, 0.2) is 29.2 Å². The van der Waals surface area contributed by atoms with E-state index in [0.717, 1.165) is 0 Å². The third-order valence-corrected chi connectivity index (χ3v) is 6.12. The van der Waals surface area contributed by atoms with Gasteiger partial charge in [-0.15, -0.1) is 0 Å². The zero-order chi connectivity index (χ0) is 17.0. The van der Waals surface area contributed by atoms with E-state index in [4.69, 9.17) is 4.74 Å². The van der Waals surface area contributed by atoms with Gasteiger partial charge in [0.2, 0.25) is 10.0 Å². The van der Waals surface area contributed by atoms with Gasteiger partial charge in [0, 0.05) is 11.3 Å². The van der Waals surface area contributed by atoms with E-state index in [0.29, 0.717) is 5.75 Å². The van der Waals surface area contributed by atoms with E-state index in [-0.39, 0.29) is 23.0 Å². The molecule has 0 aliphatic rings. The highest BCUT2D eigenvalue weighted by Crippen LogP contribution is 2.17. The Hall–Kier alpha value is -1.12. The van der Waals surface area contributed by atoms with Crippen LogP contribution < -0.4 is 9.46 Å². The average molecular weight is 349 g/mol. The Balaban J connectivity index is 2.71. The van der Waals surface area contributed by atoms with Crippen LogP contribution in [0.3, 0.4) is 0 Å². The second-order valence-corrected chi connectivity index (χ2v) is 10.1. The summed E-state index contributed by atoms with van der Waals surface area (Å²) in [4.78, 5) is 0.135. The Morgan fingerprint density at radius 3 is 2.05 bits per heavy atom. The summed E-state index contributed by atoms with van der Waals surface area (Å²) < 4.78 is 54.8. The molecular formula is C14H23NO5S2. The van der Waals surface area contributed by atoms with Crippen molar-refractivity contribution in [2.24, 2.45) is 0 Å². The van der Waals surface area contributed by atoms with Crippen molar-refractivity contribution in [2.45, 2.75) is 38.1 Å². The maximum absolute atomic E-state index is 12.1. The predicted molar refractivity (Wildman–Crippen MR) is 86.3 cm³/mol. The highest BCUT2D eigenvalue weighted by atomic mass is 32.2. The van der Waals surface area contributed by atoms with Crippen molar-refractivity contribution in [1.29, 1.82) is 0 Å². The van der Waals surface area contributed by atoms with Crippen LogP contribution in [0.5, 0.6) is 5.75 Å². The standard InChI is InChI=1S/C14H23NO5S2/c1-5-21(16,17)11-10-20-12-6-8-13(9-7-12)22(18,19)15-14(2,3)4/h6-9,15H,5,10-11H2,1-4H3. The summed E-state index contributed by atoms with van der Waals surface area (Å²) in [6.45, 7) is 6.91. The second kappa shape index (κ2) is 6.97. The summed E-state index contributed by atoms with van der Waals surface area (Å²) in [5.41, 5.74) is -0.567. The van der Waals surface area contributed by atoms with Crippen molar-refractivity contribution in [3.05, 3.63) is 24.3 Å². The smallest absolute Gasteiger partial charge is 0.241 e. The molecule has 126 valence electrons. The lowest BCUT2D eigenvalue weighted by Crippen LogP contribution is -2.40. The molecular weight excluding hydrogens is 326 g/mol. The second-order valence-electron chi connectivity index (χ2n) is 5.91. The monoisotopic (exact) mass is 349 g/mol. The van der Waals surface area contributed by atoms with Crippen LogP contribution in [-0.4, -0.2) is 40.5 Å². The number of nitrogens with one attached hydrogen (secondary N) is 1. The molecule has 0 aliphatic carbocycles. The number of sulfonamides is 1. The average Bonchev–Trinajstić information content (AvgIpc) is 2.36. The maximum atomic E-state index is 12.1. The first kappa shape index (κ1) is 18.9. The molecule has 1 aromatic carbocycles. The zero-order valence-corrected chi connectivity index (χ0v) is 14.9. The highest BCUT2D eigenvalue weighted by molar-refractivity contribution is 7.91. The van der Waals surface area contributed by atoms with Crippen LogP contribution in [0.1, 0.15) is 27.7 Å². The Morgan fingerprint density at radius 1 is 1.05 bits per heavy atom. The minimum absolute atomic E-state index is 0.0442. The van der Waals surface area contributed by atoms with Crippen LogP contribution in [-0.2, 0) is 19.9 Å². The van der Waals surface area contributed by atoms with Gasteiger partial charge in [0.25, 0.3) is 0 Å². The van der Waals surface area contributed by atoms with Crippen molar-refractivity contribution in [3.8, 4) is 5.75 Å². The minimum Gasteiger partial charge on any atom is -0.493 e. The van der Waals surface area contributed by atoms with Crippen LogP contribution in [0.2, 0.25) is 0 Å². The van der Waals surface area contributed by atoms with Crippen molar-refractivity contribution in [2.75, 3.05) is 18.1 Å².